The first kappa shape index (κ1) is 12.1. The van der Waals surface area contributed by atoms with Crippen LogP contribution in [-0.2, 0) is 6.42 Å². The van der Waals surface area contributed by atoms with Crippen molar-refractivity contribution in [1.29, 1.82) is 0 Å². The summed E-state index contributed by atoms with van der Waals surface area (Å²) in [5.41, 5.74) is 1.21. The molecule has 1 aliphatic rings. The molecule has 1 aromatic rings. The molecule has 0 bridgehead atoms. The number of benzene rings is 1. The van der Waals surface area contributed by atoms with Crippen LogP contribution in [0.15, 0.2) is 18.2 Å². The molecular weight excluding hydrogens is 315 g/mol. The molecule has 1 saturated heterocycles. The number of rotatable bonds is 2. The first-order valence-corrected chi connectivity index (χ1v) is 7.65. The highest BCUT2D eigenvalue weighted by Gasteiger charge is 2.26. The van der Waals surface area contributed by atoms with E-state index in [0.29, 0.717) is 15.8 Å². The summed E-state index contributed by atoms with van der Waals surface area (Å²) in [4.78, 5) is 0.620. The molecule has 2 rings (SSSR count). The van der Waals surface area contributed by atoms with Crippen LogP contribution in [0, 0.1) is 5.92 Å². The van der Waals surface area contributed by atoms with Gasteiger partial charge in [-0.05, 0) is 35.8 Å². The zero-order valence-corrected chi connectivity index (χ0v) is 12.0. The summed E-state index contributed by atoms with van der Waals surface area (Å²) < 4.78 is 0. The molecule has 1 heterocycles. The molecule has 0 aliphatic carbocycles. The van der Waals surface area contributed by atoms with Crippen LogP contribution in [0.25, 0.3) is 0 Å². The van der Waals surface area contributed by atoms with Crippen molar-refractivity contribution in [2.24, 2.45) is 5.92 Å². The molecule has 2 unspecified atom stereocenters. The second-order valence-corrected chi connectivity index (χ2v) is 6.85. The monoisotopic (exact) mass is 324 g/mol. The molecule has 0 spiro atoms. The summed E-state index contributed by atoms with van der Waals surface area (Å²) in [6, 6.07) is 5.77. The molecule has 0 N–H and O–H groups in total. The summed E-state index contributed by atoms with van der Waals surface area (Å²) in [6.45, 7) is 0. The Morgan fingerprint density at radius 3 is 2.73 bits per heavy atom. The SMILES string of the molecule is Clc1ccc(CC2CSCC2Br)c(Cl)c1. The van der Waals surface area contributed by atoms with E-state index in [1.807, 2.05) is 30.0 Å². The normalized spacial score (nSPS) is 25.8. The van der Waals surface area contributed by atoms with E-state index in [-0.39, 0.29) is 0 Å². The minimum atomic E-state index is 0.620. The van der Waals surface area contributed by atoms with Gasteiger partial charge in [0, 0.05) is 20.6 Å². The van der Waals surface area contributed by atoms with Crippen molar-refractivity contribution in [3.05, 3.63) is 33.8 Å². The van der Waals surface area contributed by atoms with Crippen molar-refractivity contribution < 1.29 is 0 Å². The standard InChI is InChI=1S/C11H11BrCl2S/c12-10-6-15-5-8(10)3-7-1-2-9(13)4-11(7)14/h1-2,4,8,10H,3,5-6H2. The van der Waals surface area contributed by atoms with E-state index < -0.39 is 0 Å². The fourth-order valence-corrected chi connectivity index (χ4v) is 4.68. The molecule has 2 atom stereocenters. The fraction of sp³-hybridized carbons (Fsp3) is 0.455. The van der Waals surface area contributed by atoms with E-state index in [0.717, 1.165) is 11.4 Å². The van der Waals surface area contributed by atoms with Gasteiger partial charge in [0.2, 0.25) is 0 Å². The highest BCUT2D eigenvalue weighted by molar-refractivity contribution is 9.09. The fourth-order valence-electron chi connectivity index (χ4n) is 1.73. The number of thioether (sulfide) groups is 1. The lowest BCUT2D eigenvalue weighted by Crippen LogP contribution is -2.14. The van der Waals surface area contributed by atoms with Gasteiger partial charge in [-0.1, -0.05) is 45.2 Å². The minimum absolute atomic E-state index is 0.620. The Morgan fingerprint density at radius 1 is 1.33 bits per heavy atom. The van der Waals surface area contributed by atoms with Crippen molar-refractivity contribution in [3.8, 4) is 0 Å². The van der Waals surface area contributed by atoms with Crippen LogP contribution in [0.4, 0.5) is 0 Å². The third-order valence-electron chi connectivity index (χ3n) is 2.62. The van der Waals surface area contributed by atoms with Gasteiger partial charge in [0.05, 0.1) is 0 Å². The number of hydrogen-bond donors (Lipinski definition) is 0. The molecular formula is C11H11BrCl2S. The highest BCUT2D eigenvalue weighted by Crippen LogP contribution is 2.34. The van der Waals surface area contributed by atoms with Crippen LogP contribution in [0.3, 0.4) is 0 Å². The molecule has 1 aliphatic heterocycles. The largest absolute Gasteiger partial charge is 0.160 e. The third kappa shape index (κ3) is 3.06. The van der Waals surface area contributed by atoms with Crippen LogP contribution in [0.2, 0.25) is 10.0 Å². The Balaban J connectivity index is 2.10. The van der Waals surface area contributed by atoms with E-state index >= 15 is 0 Å². The average molecular weight is 326 g/mol. The second-order valence-electron chi connectivity index (χ2n) is 3.75. The molecule has 4 heteroatoms. The van der Waals surface area contributed by atoms with Gasteiger partial charge in [-0.15, -0.1) is 0 Å². The maximum atomic E-state index is 6.15. The van der Waals surface area contributed by atoms with Gasteiger partial charge in [-0.25, -0.2) is 0 Å². The van der Waals surface area contributed by atoms with Crippen molar-refractivity contribution in [1.82, 2.24) is 0 Å². The van der Waals surface area contributed by atoms with Crippen LogP contribution >= 0.6 is 50.9 Å². The van der Waals surface area contributed by atoms with E-state index in [2.05, 4.69) is 15.9 Å². The number of alkyl halides is 1. The van der Waals surface area contributed by atoms with Gasteiger partial charge in [-0.3, -0.25) is 0 Å². The van der Waals surface area contributed by atoms with E-state index in [9.17, 15) is 0 Å². The maximum absolute atomic E-state index is 6.15. The lowest BCUT2D eigenvalue weighted by Gasteiger charge is -2.13. The van der Waals surface area contributed by atoms with Gasteiger partial charge in [-0.2, -0.15) is 11.8 Å². The summed E-state index contributed by atoms with van der Waals surface area (Å²) >= 11 is 17.7. The van der Waals surface area contributed by atoms with Crippen LogP contribution in [-0.4, -0.2) is 16.3 Å². The maximum Gasteiger partial charge on any atom is 0.0452 e. The van der Waals surface area contributed by atoms with E-state index in [1.165, 1.54) is 17.1 Å². The van der Waals surface area contributed by atoms with Gasteiger partial charge in [0.25, 0.3) is 0 Å². The first-order valence-electron chi connectivity index (χ1n) is 4.82. The van der Waals surface area contributed by atoms with E-state index in [4.69, 9.17) is 23.2 Å². The van der Waals surface area contributed by atoms with Gasteiger partial charge >= 0.3 is 0 Å². The smallest absolute Gasteiger partial charge is 0.0452 e. The Bertz CT molecular complexity index is 356. The van der Waals surface area contributed by atoms with Gasteiger partial charge < -0.3 is 0 Å². The zero-order chi connectivity index (χ0) is 10.8. The molecule has 1 aromatic carbocycles. The Labute approximate surface area is 113 Å². The molecule has 0 amide bonds. The average Bonchev–Trinajstić information content (AvgIpc) is 2.57. The summed E-state index contributed by atoms with van der Waals surface area (Å²) in [5.74, 6) is 3.11. The minimum Gasteiger partial charge on any atom is -0.160 e. The van der Waals surface area contributed by atoms with Crippen LogP contribution in [0.1, 0.15) is 5.56 Å². The molecule has 0 aromatic heterocycles. The third-order valence-corrected chi connectivity index (χ3v) is 5.96. The topological polar surface area (TPSA) is 0 Å². The summed E-state index contributed by atoms with van der Waals surface area (Å²) in [6.07, 6.45) is 1.04. The predicted molar refractivity (Wildman–Crippen MR) is 73.7 cm³/mol. The first-order chi connectivity index (χ1) is 7.16. The van der Waals surface area contributed by atoms with Crippen molar-refractivity contribution in [3.63, 3.8) is 0 Å². The Morgan fingerprint density at radius 2 is 2.13 bits per heavy atom. The van der Waals surface area contributed by atoms with Crippen molar-refractivity contribution >= 4 is 50.9 Å². The van der Waals surface area contributed by atoms with Crippen LogP contribution in [0.5, 0.6) is 0 Å². The van der Waals surface area contributed by atoms with Crippen LogP contribution < -0.4 is 0 Å². The quantitative estimate of drug-likeness (QED) is 0.712. The molecule has 82 valence electrons. The summed E-state index contributed by atoms with van der Waals surface area (Å²) in [5, 5.41) is 1.50. The van der Waals surface area contributed by atoms with Crippen molar-refractivity contribution in [2.75, 3.05) is 11.5 Å². The molecule has 1 fully saturated rings. The van der Waals surface area contributed by atoms with Crippen molar-refractivity contribution in [2.45, 2.75) is 11.2 Å². The second kappa shape index (κ2) is 5.31. The predicted octanol–water partition coefficient (Wildman–Crippen LogP) is 4.66. The Kier molecular flexibility index (Phi) is 4.28. The molecule has 0 saturated carbocycles. The van der Waals surface area contributed by atoms with Gasteiger partial charge in [0.15, 0.2) is 0 Å². The molecule has 0 nitrogen and oxygen atoms in total. The number of halogens is 3. The Hall–Kier alpha value is 0.630. The van der Waals surface area contributed by atoms with Gasteiger partial charge in [0.1, 0.15) is 0 Å². The summed E-state index contributed by atoms with van der Waals surface area (Å²) in [7, 11) is 0. The zero-order valence-electron chi connectivity index (χ0n) is 8.05. The molecule has 0 radical (unpaired) electrons. The molecule has 15 heavy (non-hydrogen) atoms. The number of hydrogen-bond acceptors (Lipinski definition) is 1. The lowest BCUT2D eigenvalue weighted by atomic mass is 9.99. The lowest BCUT2D eigenvalue weighted by molar-refractivity contribution is 0.616. The highest BCUT2D eigenvalue weighted by atomic mass is 79.9. The van der Waals surface area contributed by atoms with E-state index in [1.54, 1.807) is 0 Å².